The van der Waals surface area contributed by atoms with Crippen LogP contribution in [0.25, 0.3) is 11.3 Å². The summed E-state index contributed by atoms with van der Waals surface area (Å²) >= 11 is 0. The van der Waals surface area contributed by atoms with Crippen LogP contribution in [-0.2, 0) is 11.3 Å². The van der Waals surface area contributed by atoms with E-state index in [4.69, 9.17) is 4.74 Å². The molecule has 0 aliphatic carbocycles. The van der Waals surface area contributed by atoms with E-state index in [9.17, 15) is 4.79 Å². The number of aromatic nitrogens is 2. The number of benzene rings is 2. The molecule has 0 unspecified atom stereocenters. The molecule has 0 spiro atoms. The molecule has 0 fully saturated rings. The van der Waals surface area contributed by atoms with Crippen molar-refractivity contribution in [3.63, 3.8) is 0 Å². The Morgan fingerprint density at radius 1 is 0.839 bits per heavy atom. The summed E-state index contributed by atoms with van der Waals surface area (Å²) in [4.78, 5) is 20.8. The first kappa shape index (κ1) is 20.1. The van der Waals surface area contributed by atoms with Crippen LogP contribution in [0.1, 0.15) is 5.56 Å². The van der Waals surface area contributed by atoms with Gasteiger partial charge < -0.3 is 15.4 Å². The molecule has 4 rings (SSSR count). The fourth-order valence-corrected chi connectivity index (χ4v) is 2.95. The van der Waals surface area contributed by atoms with Crippen molar-refractivity contribution in [3.05, 3.63) is 103 Å². The lowest BCUT2D eigenvalue weighted by Crippen LogP contribution is -2.20. The largest absolute Gasteiger partial charge is 0.484 e. The van der Waals surface area contributed by atoms with E-state index in [-0.39, 0.29) is 12.5 Å². The third-order valence-electron chi connectivity index (χ3n) is 4.55. The summed E-state index contributed by atoms with van der Waals surface area (Å²) in [5.41, 5.74) is 3.70. The summed E-state index contributed by atoms with van der Waals surface area (Å²) in [6.45, 7) is 0.587. The van der Waals surface area contributed by atoms with Gasteiger partial charge in [-0.15, -0.1) is 0 Å². The van der Waals surface area contributed by atoms with Crippen LogP contribution in [0.5, 0.6) is 5.75 Å². The number of carbonyl (C=O) groups excluding carboxylic acids is 1. The van der Waals surface area contributed by atoms with Gasteiger partial charge in [-0.2, -0.15) is 0 Å². The maximum Gasteiger partial charge on any atom is 0.262 e. The summed E-state index contributed by atoms with van der Waals surface area (Å²) in [5.74, 6) is 1.24. The summed E-state index contributed by atoms with van der Waals surface area (Å²) in [6, 6.07) is 26.7. The highest BCUT2D eigenvalue weighted by molar-refractivity contribution is 5.91. The van der Waals surface area contributed by atoms with E-state index in [0.29, 0.717) is 12.3 Å². The zero-order valence-corrected chi connectivity index (χ0v) is 16.9. The Morgan fingerprint density at radius 3 is 2.35 bits per heavy atom. The Labute approximate surface area is 181 Å². The number of rotatable bonds is 8. The van der Waals surface area contributed by atoms with Crippen molar-refractivity contribution in [1.82, 2.24) is 9.97 Å². The predicted molar refractivity (Wildman–Crippen MR) is 122 cm³/mol. The second-order valence-electron chi connectivity index (χ2n) is 6.85. The number of pyridine rings is 2. The van der Waals surface area contributed by atoms with Gasteiger partial charge in [-0.3, -0.25) is 9.78 Å². The molecule has 0 aliphatic heterocycles. The van der Waals surface area contributed by atoms with Crippen LogP contribution in [0.3, 0.4) is 0 Å². The third kappa shape index (κ3) is 5.90. The molecule has 1 amide bonds. The molecule has 2 aromatic heterocycles. The van der Waals surface area contributed by atoms with Crippen molar-refractivity contribution in [2.24, 2.45) is 0 Å². The molecule has 0 radical (unpaired) electrons. The average Bonchev–Trinajstić information content (AvgIpc) is 2.84. The van der Waals surface area contributed by atoms with Gasteiger partial charge in [0.15, 0.2) is 6.61 Å². The van der Waals surface area contributed by atoms with Gasteiger partial charge in [-0.1, -0.05) is 36.4 Å². The normalized spacial score (nSPS) is 10.3. The van der Waals surface area contributed by atoms with E-state index >= 15 is 0 Å². The smallest absolute Gasteiger partial charge is 0.262 e. The Morgan fingerprint density at radius 2 is 1.65 bits per heavy atom. The Balaban J connectivity index is 1.24. The Bertz CT molecular complexity index is 1100. The van der Waals surface area contributed by atoms with Gasteiger partial charge in [0, 0.05) is 30.2 Å². The van der Waals surface area contributed by atoms with Crippen molar-refractivity contribution in [2.45, 2.75) is 6.54 Å². The fourth-order valence-electron chi connectivity index (χ4n) is 2.95. The van der Waals surface area contributed by atoms with Crippen LogP contribution < -0.4 is 15.4 Å². The quantitative estimate of drug-likeness (QED) is 0.437. The Kier molecular flexibility index (Phi) is 6.50. The predicted octanol–water partition coefficient (Wildman–Crippen LogP) is 4.77. The van der Waals surface area contributed by atoms with Crippen LogP contribution in [0.15, 0.2) is 97.3 Å². The lowest BCUT2D eigenvalue weighted by atomic mass is 10.2. The monoisotopic (exact) mass is 410 g/mol. The van der Waals surface area contributed by atoms with Crippen molar-refractivity contribution < 1.29 is 9.53 Å². The molecule has 6 heteroatoms. The summed E-state index contributed by atoms with van der Waals surface area (Å²) in [7, 11) is 0. The van der Waals surface area contributed by atoms with Crippen LogP contribution >= 0.6 is 0 Å². The molecule has 0 saturated carbocycles. The number of carbonyl (C=O) groups is 1. The topological polar surface area (TPSA) is 76.1 Å². The lowest BCUT2D eigenvalue weighted by Gasteiger charge is -2.09. The van der Waals surface area contributed by atoms with Gasteiger partial charge in [0.25, 0.3) is 5.91 Å². The third-order valence-corrected chi connectivity index (χ3v) is 4.55. The van der Waals surface area contributed by atoms with Gasteiger partial charge in [-0.05, 0) is 54.1 Å². The lowest BCUT2D eigenvalue weighted by molar-refractivity contribution is -0.118. The summed E-state index contributed by atoms with van der Waals surface area (Å²) in [5, 5.41) is 6.09. The molecule has 31 heavy (non-hydrogen) atoms. The van der Waals surface area contributed by atoms with E-state index < -0.39 is 0 Å². The second kappa shape index (κ2) is 10.0. The van der Waals surface area contributed by atoms with Crippen LogP contribution in [0.2, 0.25) is 0 Å². The molecule has 4 aromatic rings. The zero-order valence-electron chi connectivity index (χ0n) is 16.9. The number of anilines is 2. The molecule has 0 bridgehead atoms. The van der Waals surface area contributed by atoms with E-state index in [1.165, 1.54) is 0 Å². The summed E-state index contributed by atoms with van der Waals surface area (Å²) < 4.78 is 5.56. The van der Waals surface area contributed by atoms with E-state index in [1.54, 1.807) is 6.20 Å². The molecule has 0 atom stereocenters. The van der Waals surface area contributed by atoms with E-state index in [2.05, 4.69) is 20.6 Å². The van der Waals surface area contributed by atoms with E-state index in [0.717, 1.165) is 28.3 Å². The molecular formula is C25H22N4O2. The van der Waals surface area contributed by atoms with Gasteiger partial charge in [-0.25, -0.2) is 4.98 Å². The highest BCUT2D eigenvalue weighted by Gasteiger charge is 2.04. The zero-order chi connectivity index (χ0) is 21.3. The molecule has 6 nitrogen and oxygen atoms in total. The number of ether oxygens (including phenoxy) is 1. The van der Waals surface area contributed by atoms with Crippen molar-refractivity contribution >= 4 is 17.4 Å². The number of hydrogen-bond donors (Lipinski definition) is 2. The average molecular weight is 410 g/mol. The molecular weight excluding hydrogens is 388 g/mol. The standard InChI is InChI=1S/C25H22N4O2/c30-25(29-21-6-2-1-3-7-21)18-31-22-12-9-19(10-13-22)16-27-24-14-11-20(17-28-24)23-8-4-5-15-26-23/h1-15,17H,16,18H2,(H,27,28)(H,29,30). The molecule has 2 aromatic carbocycles. The van der Waals surface area contributed by atoms with Crippen LogP contribution in [-0.4, -0.2) is 22.5 Å². The minimum Gasteiger partial charge on any atom is -0.484 e. The SMILES string of the molecule is O=C(COc1ccc(CNc2ccc(-c3ccccn3)cn2)cc1)Nc1ccccc1. The maximum atomic E-state index is 12.0. The number of nitrogens with one attached hydrogen (secondary N) is 2. The van der Waals surface area contributed by atoms with Crippen LogP contribution in [0.4, 0.5) is 11.5 Å². The van der Waals surface area contributed by atoms with Crippen molar-refractivity contribution in [3.8, 4) is 17.0 Å². The first-order valence-corrected chi connectivity index (χ1v) is 9.94. The minimum absolute atomic E-state index is 0.0426. The number of para-hydroxylation sites is 1. The molecule has 154 valence electrons. The molecule has 0 saturated heterocycles. The first-order valence-electron chi connectivity index (χ1n) is 9.94. The number of hydrogen-bond acceptors (Lipinski definition) is 5. The van der Waals surface area contributed by atoms with Crippen LogP contribution in [0, 0.1) is 0 Å². The van der Waals surface area contributed by atoms with Gasteiger partial charge >= 0.3 is 0 Å². The maximum absolute atomic E-state index is 12.0. The molecule has 0 aliphatic rings. The van der Waals surface area contributed by atoms with Crippen molar-refractivity contribution in [1.29, 1.82) is 0 Å². The number of amides is 1. The fraction of sp³-hybridized carbons (Fsp3) is 0.0800. The van der Waals surface area contributed by atoms with Gasteiger partial charge in [0.05, 0.1) is 5.69 Å². The minimum atomic E-state index is -0.197. The second-order valence-corrected chi connectivity index (χ2v) is 6.85. The van der Waals surface area contributed by atoms with Gasteiger partial charge in [0.2, 0.25) is 0 Å². The van der Waals surface area contributed by atoms with Crippen molar-refractivity contribution in [2.75, 3.05) is 17.2 Å². The molecule has 2 heterocycles. The summed E-state index contributed by atoms with van der Waals surface area (Å²) in [6.07, 6.45) is 3.58. The van der Waals surface area contributed by atoms with Gasteiger partial charge in [0.1, 0.15) is 11.6 Å². The van der Waals surface area contributed by atoms with E-state index in [1.807, 2.05) is 91.1 Å². The molecule has 2 N–H and O–H groups in total. The highest BCUT2D eigenvalue weighted by Crippen LogP contribution is 2.18. The first-order chi connectivity index (χ1) is 15.3. The Hall–Kier alpha value is -4.19. The number of nitrogens with zero attached hydrogens (tertiary/aromatic N) is 2. The highest BCUT2D eigenvalue weighted by atomic mass is 16.5.